The number of aliphatic hydroxyl groups is 1. The van der Waals surface area contributed by atoms with Gasteiger partial charge in [0.1, 0.15) is 11.6 Å². The van der Waals surface area contributed by atoms with Crippen LogP contribution in [0.1, 0.15) is 25.1 Å². The number of anilines is 2. The van der Waals surface area contributed by atoms with Gasteiger partial charge in [-0.1, -0.05) is 6.42 Å². The third-order valence-corrected chi connectivity index (χ3v) is 3.83. The lowest BCUT2D eigenvalue weighted by Crippen LogP contribution is -2.22. The highest BCUT2D eigenvalue weighted by Gasteiger charge is 2.35. The van der Waals surface area contributed by atoms with Crippen molar-refractivity contribution in [2.24, 2.45) is 11.8 Å². The summed E-state index contributed by atoms with van der Waals surface area (Å²) in [6.45, 7) is 0.619. The molecule has 3 N–H and O–H groups in total. The standard InChI is InChI=1S/C13H19F3N4O/c1-17-10-5-11(20-12(19-10)13(14,15)16)18-6-8-3-2-4-9(8)7-21/h5,8-9,21H,2-4,6-7H2,1H3,(H2,17,18,19,20). The molecule has 118 valence electrons. The van der Waals surface area contributed by atoms with Crippen molar-refractivity contribution in [2.45, 2.75) is 25.4 Å². The summed E-state index contributed by atoms with van der Waals surface area (Å²) in [7, 11) is 1.50. The van der Waals surface area contributed by atoms with Crippen LogP contribution in [0, 0.1) is 11.8 Å². The highest BCUT2D eigenvalue weighted by Crippen LogP contribution is 2.32. The molecule has 0 amide bonds. The molecule has 5 nitrogen and oxygen atoms in total. The second kappa shape index (κ2) is 6.46. The number of rotatable bonds is 5. The first-order chi connectivity index (χ1) is 9.94. The summed E-state index contributed by atoms with van der Waals surface area (Å²) in [5.74, 6) is -0.431. The van der Waals surface area contributed by atoms with Crippen LogP contribution in [-0.2, 0) is 6.18 Å². The van der Waals surface area contributed by atoms with Gasteiger partial charge < -0.3 is 15.7 Å². The lowest BCUT2D eigenvalue weighted by atomic mass is 9.97. The molecule has 0 saturated heterocycles. The van der Waals surface area contributed by atoms with E-state index in [4.69, 9.17) is 0 Å². The van der Waals surface area contributed by atoms with Crippen LogP contribution >= 0.6 is 0 Å². The number of halogens is 3. The monoisotopic (exact) mass is 304 g/mol. The van der Waals surface area contributed by atoms with Gasteiger partial charge >= 0.3 is 6.18 Å². The van der Waals surface area contributed by atoms with E-state index in [2.05, 4.69) is 20.6 Å². The fourth-order valence-corrected chi connectivity index (χ4v) is 2.65. The highest BCUT2D eigenvalue weighted by molar-refractivity contribution is 5.47. The fourth-order valence-electron chi connectivity index (χ4n) is 2.65. The van der Waals surface area contributed by atoms with Crippen LogP contribution in [0.4, 0.5) is 24.8 Å². The number of aliphatic hydroxyl groups excluding tert-OH is 1. The zero-order valence-corrected chi connectivity index (χ0v) is 11.7. The summed E-state index contributed by atoms with van der Waals surface area (Å²) >= 11 is 0. The molecule has 1 aromatic rings. The lowest BCUT2D eigenvalue weighted by Gasteiger charge is -2.18. The van der Waals surface area contributed by atoms with Crippen molar-refractivity contribution in [3.63, 3.8) is 0 Å². The molecule has 8 heteroatoms. The van der Waals surface area contributed by atoms with Crippen molar-refractivity contribution >= 4 is 11.6 Å². The second-order valence-electron chi connectivity index (χ2n) is 5.22. The molecule has 2 rings (SSSR count). The average molecular weight is 304 g/mol. The Hall–Kier alpha value is -1.57. The molecule has 0 bridgehead atoms. The normalized spacial score (nSPS) is 22.3. The summed E-state index contributed by atoms with van der Waals surface area (Å²) in [5.41, 5.74) is 0. The number of hydrogen-bond acceptors (Lipinski definition) is 5. The maximum absolute atomic E-state index is 12.7. The molecule has 2 unspecified atom stereocenters. The lowest BCUT2D eigenvalue weighted by molar-refractivity contribution is -0.144. The second-order valence-corrected chi connectivity index (χ2v) is 5.22. The van der Waals surface area contributed by atoms with E-state index in [9.17, 15) is 18.3 Å². The third kappa shape index (κ3) is 3.96. The zero-order chi connectivity index (χ0) is 15.5. The Kier molecular flexibility index (Phi) is 4.87. The third-order valence-electron chi connectivity index (χ3n) is 3.83. The number of nitrogens with zero attached hydrogens (tertiary/aromatic N) is 2. The minimum atomic E-state index is -4.58. The molecule has 1 aromatic heterocycles. The smallest absolute Gasteiger partial charge is 0.396 e. The van der Waals surface area contributed by atoms with E-state index in [0.717, 1.165) is 19.3 Å². The molecule has 1 heterocycles. The van der Waals surface area contributed by atoms with Gasteiger partial charge in [0, 0.05) is 26.3 Å². The van der Waals surface area contributed by atoms with Crippen molar-refractivity contribution in [1.29, 1.82) is 0 Å². The molecule has 21 heavy (non-hydrogen) atoms. The van der Waals surface area contributed by atoms with Crippen molar-refractivity contribution in [3.8, 4) is 0 Å². The van der Waals surface area contributed by atoms with Crippen LogP contribution in [0.15, 0.2) is 6.07 Å². The van der Waals surface area contributed by atoms with Gasteiger partial charge in [-0.3, -0.25) is 0 Å². The molecule has 1 saturated carbocycles. The van der Waals surface area contributed by atoms with Crippen LogP contribution in [0.25, 0.3) is 0 Å². The largest absolute Gasteiger partial charge is 0.451 e. The summed E-state index contributed by atoms with van der Waals surface area (Å²) in [5, 5.41) is 14.8. The molecule has 1 fully saturated rings. The topological polar surface area (TPSA) is 70.1 Å². The van der Waals surface area contributed by atoms with E-state index in [-0.39, 0.29) is 30.1 Å². The van der Waals surface area contributed by atoms with Crippen LogP contribution < -0.4 is 10.6 Å². The van der Waals surface area contributed by atoms with E-state index in [1.165, 1.54) is 13.1 Å². The van der Waals surface area contributed by atoms with Crippen LogP contribution in [0.5, 0.6) is 0 Å². The van der Waals surface area contributed by atoms with Crippen LogP contribution in [-0.4, -0.2) is 35.3 Å². The fraction of sp³-hybridized carbons (Fsp3) is 0.692. The van der Waals surface area contributed by atoms with E-state index in [1.54, 1.807) is 0 Å². The quantitative estimate of drug-likeness (QED) is 0.779. The van der Waals surface area contributed by atoms with Gasteiger partial charge in [0.2, 0.25) is 5.82 Å². The Morgan fingerprint density at radius 1 is 1.24 bits per heavy atom. The van der Waals surface area contributed by atoms with Gasteiger partial charge in [0.25, 0.3) is 0 Å². The molecule has 2 atom stereocenters. The molecule has 1 aliphatic rings. The number of nitrogens with one attached hydrogen (secondary N) is 2. The van der Waals surface area contributed by atoms with Crippen molar-refractivity contribution in [2.75, 3.05) is 30.8 Å². The van der Waals surface area contributed by atoms with Crippen LogP contribution in [0.2, 0.25) is 0 Å². The Balaban J connectivity index is 2.09. The van der Waals surface area contributed by atoms with E-state index >= 15 is 0 Å². The zero-order valence-electron chi connectivity index (χ0n) is 11.7. The van der Waals surface area contributed by atoms with Crippen molar-refractivity contribution < 1.29 is 18.3 Å². The summed E-state index contributed by atoms with van der Waals surface area (Å²) in [6.07, 6.45) is -1.61. The van der Waals surface area contributed by atoms with Gasteiger partial charge in [0.15, 0.2) is 0 Å². The molecular weight excluding hydrogens is 285 g/mol. The first-order valence-corrected chi connectivity index (χ1v) is 6.92. The molecule has 0 aliphatic heterocycles. The van der Waals surface area contributed by atoms with E-state index in [0.29, 0.717) is 6.54 Å². The average Bonchev–Trinajstić information content (AvgIpc) is 2.91. The summed E-state index contributed by atoms with van der Waals surface area (Å²) < 4.78 is 38.2. The minimum Gasteiger partial charge on any atom is -0.396 e. The van der Waals surface area contributed by atoms with E-state index in [1.807, 2.05) is 0 Å². The number of aromatic nitrogens is 2. The van der Waals surface area contributed by atoms with Gasteiger partial charge in [-0.05, 0) is 24.7 Å². The highest BCUT2D eigenvalue weighted by atomic mass is 19.4. The van der Waals surface area contributed by atoms with Crippen LogP contribution in [0.3, 0.4) is 0 Å². The van der Waals surface area contributed by atoms with E-state index < -0.39 is 12.0 Å². The molecular formula is C13H19F3N4O. The molecule has 0 radical (unpaired) electrons. The summed E-state index contributed by atoms with van der Waals surface area (Å²) in [4.78, 5) is 6.92. The predicted octanol–water partition coefficient (Wildman–Crippen LogP) is 2.36. The van der Waals surface area contributed by atoms with Gasteiger partial charge in [-0.2, -0.15) is 13.2 Å². The first-order valence-electron chi connectivity index (χ1n) is 6.92. The van der Waals surface area contributed by atoms with Crippen molar-refractivity contribution in [3.05, 3.63) is 11.9 Å². The van der Waals surface area contributed by atoms with Crippen molar-refractivity contribution in [1.82, 2.24) is 9.97 Å². The maximum atomic E-state index is 12.7. The summed E-state index contributed by atoms with van der Waals surface area (Å²) in [6, 6.07) is 1.44. The van der Waals surface area contributed by atoms with Gasteiger partial charge in [-0.25, -0.2) is 9.97 Å². The van der Waals surface area contributed by atoms with Gasteiger partial charge in [0.05, 0.1) is 0 Å². The number of alkyl halides is 3. The Morgan fingerprint density at radius 2 is 1.90 bits per heavy atom. The molecule has 0 spiro atoms. The predicted molar refractivity (Wildman–Crippen MR) is 73.0 cm³/mol. The first kappa shape index (κ1) is 15.8. The maximum Gasteiger partial charge on any atom is 0.451 e. The SMILES string of the molecule is CNc1cc(NCC2CCCC2CO)nc(C(F)(F)F)n1. The molecule has 0 aromatic carbocycles. The Morgan fingerprint density at radius 3 is 2.52 bits per heavy atom. The Labute approximate surface area is 121 Å². The number of hydrogen-bond donors (Lipinski definition) is 3. The molecule has 1 aliphatic carbocycles. The minimum absolute atomic E-state index is 0.116. The van der Waals surface area contributed by atoms with Gasteiger partial charge in [-0.15, -0.1) is 0 Å². The Bertz CT molecular complexity index is 481.